The molecule has 0 aliphatic heterocycles. The zero-order valence-electron chi connectivity index (χ0n) is 16.3. The quantitative estimate of drug-likeness (QED) is 0.451. The zero-order chi connectivity index (χ0) is 20.2. The van der Waals surface area contributed by atoms with Crippen LogP contribution in [0.1, 0.15) is 28.3 Å². The van der Waals surface area contributed by atoms with E-state index in [2.05, 4.69) is 38.1 Å². The molecule has 2 aromatic heterocycles. The maximum atomic E-state index is 9.66. The minimum atomic E-state index is 0.575. The van der Waals surface area contributed by atoms with Crippen LogP contribution in [0.2, 0.25) is 0 Å². The summed E-state index contributed by atoms with van der Waals surface area (Å²) in [6.45, 7) is 4.54. The highest BCUT2D eigenvalue weighted by Crippen LogP contribution is 2.27. The van der Waals surface area contributed by atoms with Crippen molar-refractivity contribution in [2.75, 3.05) is 0 Å². The van der Waals surface area contributed by atoms with E-state index in [1.807, 2.05) is 67.1 Å². The number of aromatic nitrogens is 5. The van der Waals surface area contributed by atoms with Gasteiger partial charge in [0.05, 0.1) is 29.2 Å². The number of nitrogens with zero attached hydrogens (tertiary/aromatic N) is 6. The van der Waals surface area contributed by atoms with Gasteiger partial charge in [-0.3, -0.25) is 0 Å². The van der Waals surface area contributed by atoms with Crippen LogP contribution in [0.25, 0.3) is 5.69 Å². The summed E-state index contributed by atoms with van der Waals surface area (Å²) >= 11 is 1.57. The molecule has 7 heteroatoms. The summed E-state index contributed by atoms with van der Waals surface area (Å²) in [6.07, 6.45) is 0. The second kappa shape index (κ2) is 8.33. The number of benzene rings is 2. The molecular weight excluding hydrogens is 380 g/mol. The fourth-order valence-electron chi connectivity index (χ4n) is 3.19. The Hall–Kier alpha value is -3.37. The number of nitriles is 1. The molecule has 29 heavy (non-hydrogen) atoms. The number of rotatable bonds is 6. The lowest BCUT2D eigenvalue weighted by Gasteiger charge is -2.10. The Bertz CT molecular complexity index is 1160. The maximum Gasteiger partial charge on any atom is 0.191 e. The van der Waals surface area contributed by atoms with Crippen LogP contribution in [0.4, 0.5) is 0 Å². The van der Waals surface area contributed by atoms with Crippen LogP contribution in [-0.2, 0) is 12.3 Å². The third-order valence-corrected chi connectivity index (χ3v) is 5.67. The first kappa shape index (κ1) is 19.0. The molecule has 0 saturated heterocycles. The topological polar surface area (TPSA) is 72.3 Å². The highest BCUT2D eigenvalue weighted by Gasteiger charge is 2.18. The molecule has 0 aliphatic rings. The molecule has 2 aromatic carbocycles. The molecule has 144 valence electrons. The average Bonchev–Trinajstić information content (AvgIpc) is 3.27. The average molecular weight is 401 g/mol. The fraction of sp³-hybridized carbons (Fsp3) is 0.182. The predicted octanol–water partition coefficient (Wildman–Crippen LogP) is 4.29. The summed E-state index contributed by atoms with van der Waals surface area (Å²) in [5.74, 6) is 1.44. The van der Waals surface area contributed by atoms with Crippen molar-refractivity contribution < 1.29 is 0 Å². The van der Waals surface area contributed by atoms with Crippen molar-refractivity contribution in [1.82, 2.24) is 24.5 Å². The molecule has 4 rings (SSSR count). The van der Waals surface area contributed by atoms with Gasteiger partial charge in [-0.15, -0.1) is 10.2 Å². The van der Waals surface area contributed by atoms with E-state index in [9.17, 15) is 5.26 Å². The van der Waals surface area contributed by atoms with E-state index >= 15 is 0 Å². The molecule has 6 nitrogen and oxygen atoms in total. The lowest BCUT2D eigenvalue weighted by atomic mass is 10.2. The number of aryl methyl sites for hydroxylation is 2. The summed E-state index contributed by atoms with van der Waals surface area (Å²) in [6, 6.07) is 22.4. The van der Waals surface area contributed by atoms with Crippen molar-refractivity contribution in [1.29, 1.82) is 5.26 Å². The molecule has 0 bridgehead atoms. The van der Waals surface area contributed by atoms with Gasteiger partial charge in [-0.05, 0) is 31.5 Å². The number of hydrogen-bond acceptors (Lipinski definition) is 5. The Morgan fingerprint density at radius 3 is 2.34 bits per heavy atom. The van der Waals surface area contributed by atoms with Gasteiger partial charge in [-0.1, -0.05) is 60.3 Å². The van der Waals surface area contributed by atoms with Gasteiger partial charge in [0.15, 0.2) is 5.16 Å². The lowest BCUT2D eigenvalue weighted by molar-refractivity contribution is 0.687. The van der Waals surface area contributed by atoms with Gasteiger partial charge in [0.2, 0.25) is 0 Å². The first-order valence-corrected chi connectivity index (χ1v) is 10.3. The molecule has 0 radical (unpaired) electrons. The normalized spacial score (nSPS) is 10.8. The minimum Gasteiger partial charge on any atom is -0.302 e. The largest absolute Gasteiger partial charge is 0.302 e. The highest BCUT2D eigenvalue weighted by atomic mass is 32.2. The van der Waals surface area contributed by atoms with Crippen LogP contribution in [0.15, 0.2) is 65.8 Å². The number of hydrogen-bond donors (Lipinski definition) is 0. The maximum absolute atomic E-state index is 9.66. The molecule has 0 unspecified atom stereocenters. The van der Waals surface area contributed by atoms with Gasteiger partial charge in [0, 0.05) is 5.75 Å². The number of para-hydroxylation sites is 1. The monoisotopic (exact) mass is 400 g/mol. The SMILES string of the molecule is Cc1nn(-c2ccccc2)c(CSc2nnc(C)n2Cc2ccccc2)c1C#N. The van der Waals surface area contributed by atoms with E-state index in [-0.39, 0.29) is 0 Å². The zero-order valence-corrected chi connectivity index (χ0v) is 17.1. The summed E-state index contributed by atoms with van der Waals surface area (Å²) in [7, 11) is 0. The first-order valence-electron chi connectivity index (χ1n) is 9.28. The van der Waals surface area contributed by atoms with Gasteiger partial charge in [-0.25, -0.2) is 4.68 Å². The summed E-state index contributed by atoms with van der Waals surface area (Å²) < 4.78 is 3.95. The summed E-state index contributed by atoms with van der Waals surface area (Å²) in [4.78, 5) is 0. The lowest BCUT2D eigenvalue weighted by Crippen LogP contribution is -2.05. The van der Waals surface area contributed by atoms with Crippen LogP contribution < -0.4 is 0 Å². The summed E-state index contributed by atoms with van der Waals surface area (Å²) in [5.41, 5.74) is 4.35. The second-order valence-electron chi connectivity index (χ2n) is 6.66. The molecular formula is C22H20N6S. The summed E-state index contributed by atoms with van der Waals surface area (Å²) in [5, 5.41) is 23.7. The van der Waals surface area contributed by atoms with Crippen molar-refractivity contribution in [2.24, 2.45) is 0 Å². The molecule has 0 aliphatic carbocycles. The fourth-order valence-corrected chi connectivity index (χ4v) is 4.17. The molecule has 0 fully saturated rings. The van der Waals surface area contributed by atoms with Crippen molar-refractivity contribution in [3.63, 3.8) is 0 Å². The molecule has 2 heterocycles. The van der Waals surface area contributed by atoms with Crippen LogP contribution in [0.3, 0.4) is 0 Å². The van der Waals surface area contributed by atoms with Crippen molar-refractivity contribution in [3.05, 3.63) is 89.0 Å². The smallest absolute Gasteiger partial charge is 0.191 e. The van der Waals surface area contributed by atoms with Gasteiger partial charge < -0.3 is 4.57 Å². The third-order valence-electron chi connectivity index (χ3n) is 4.69. The standard InChI is InChI=1S/C22H20N6S/c1-16-20(13-23)21(28(26-16)19-11-7-4-8-12-19)15-29-22-25-24-17(2)27(22)14-18-9-5-3-6-10-18/h3-12H,14-15H2,1-2H3. The van der Waals surface area contributed by atoms with E-state index in [1.54, 1.807) is 11.8 Å². The molecule has 0 amide bonds. The Kier molecular flexibility index (Phi) is 5.45. The van der Waals surface area contributed by atoms with Crippen molar-refractivity contribution in [3.8, 4) is 11.8 Å². The van der Waals surface area contributed by atoms with Crippen LogP contribution in [0, 0.1) is 25.2 Å². The molecule has 4 aromatic rings. The Morgan fingerprint density at radius 1 is 0.966 bits per heavy atom. The van der Waals surface area contributed by atoms with E-state index in [0.717, 1.165) is 28.1 Å². The number of thioether (sulfide) groups is 1. The van der Waals surface area contributed by atoms with Crippen molar-refractivity contribution in [2.45, 2.75) is 31.3 Å². The van der Waals surface area contributed by atoms with E-state index < -0.39 is 0 Å². The van der Waals surface area contributed by atoms with E-state index in [1.165, 1.54) is 5.56 Å². The van der Waals surface area contributed by atoms with E-state index in [4.69, 9.17) is 0 Å². The van der Waals surface area contributed by atoms with Crippen molar-refractivity contribution >= 4 is 11.8 Å². The highest BCUT2D eigenvalue weighted by molar-refractivity contribution is 7.98. The minimum absolute atomic E-state index is 0.575. The molecule has 0 N–H and O–H groups in total. The van der Waals surface area contributed by atoms with Gasteiger partial charge in [-0.2, -0.15) is 10.4 Å². The Balaban J connectivity index is 1.63. The van der Waals surface area contributed by atoms with Gasteiger partial charge >= 0.3 is 0 Å². The molecule has 0 spiro atoms. The second-order valence-corrected chi connectivity index (χ2v) is 7.60. The van der Waals surface area contributed by atoms with Gasteiger partial charge in [0.1, 0.15) is 11.9 Å². The Morgan fingerprint density at radius 2 is 1.66 bits per heavy atom. The van der Waals surface area contributed by atoms with Crippen LogP contribution in [-0.4, -0.2) is 24.5 Å². The van der Waals surface area contributed by atoms with Crippen LogP contribution in [0.5, 0.6) is 0 Å². The predicted molar refractivity (Wildman–Crippen MR) is 113 cm³/mol. The van der Waals surface area contributed by atoms with Crippen LogP contribution >= 0.6 is 11.8 Å². The molecule has 0 atom stereocenters. The van der Waals surface area contributed by atoms with E-state index in [0.29, 0.717) is 17.9 Å². The third kappa shape index (κ3) is 3.93. The Labute approximate surface area is 173 Å². The van der Waals surface area contributed by atoms with Gasteiger partial charge in [0.25, 0.3) is 0 Å². The first-order chi connectivity index (χ1) is 14.2. The molecule has 0 saturated carbocycles.